The average molecular weight is 287 g/mol. The number of aromatic nitrogens is 2. The number of aryl methyl sites for hydroxylation is 1. The molecule has 0 fully saturated rings. The molecule has 20 heavy (non-hydrogen) atoms. The van der Waals surface area contributed by atoms with Crippen LogP contribution in [0.2, 0.25) is 0 Å². The van der Waals surface area contributed by atoms with E-state index >= 15 is 0 Å². The Morgan fingerprint density at radius 1 is 1.25 bits per heavy atom. The third-order valence-electron chi connectivity index (χ3n) is 2.82. The number of aliphatic hydroxyl groups excluding tert-OH is 1. The van der Waals surface area contributed by atoms with Crippen LogP contribution in [0.25, 0.3) is 10.2 Å². The normalized spacial score (nSPS) is 10.9. The largest absolute Gasteiger partial charge is 0.438 e. The number of benzene rings is 1. The minimum absolute atomic E-state index is 0.00864. The topological polar surface area (TPSA) is 81.3 Å². The summed E-state index contributed by atoms with van der Waals surface area (Å²) in [6, 6.07) is 9.16. The van der Waals surface area contributed by atoms with Gasteiger partial charge in [-0.25, -0.2) is 4.98 Å². The van der Waals surface area contributed by atoms with Gasteiger partial charge in [0.1, 0.15) is 10.6 Å². The van der Waals surface area contributed by atoms with Crippen molar-refractivity contribution in [1.29, 1.82) is 0 Å². The van der Waals surface area contributed by atoms with Gasteiger partial charge in [-0.15, -0.1) is 11.3 Å². The zero-order valence-electron chi connectivity index (χ0n) is 10.8. The van der Waals surface area contributed by atoms with E-state index in [0.717, 1.165) is 20.7 Å². The first-order valence-corrected chi connectivity index (χ1v) is 6.88. The van der Waals surface area contributed by atoms with Crippen LogP contribution in [-0.4, -0.2) is 15.1 Å². The van der Waals surface area contributed by atoms with Crippen LogP contribution >= 0.6 is 11.3 Å². The van der Waals surface area contributed by atoms with Crippen LogP contribution in [0, 0.1) is 6.92 Å². The smallest absolute Gasteiger partial charge is 0.232 e. The maximum absolute atomic E-state index is 9.02. The number of thiophene rings is 1. The van der Waals surface area contributed by atoms with Crippen molar-refractivity contribution >= 4 is 27.5 Å². The highest BCUT2D eigenvalue weighted by atomic mass is 32.1. The van der Waals surface area contributed by atoms with Crippen LogP contribution in [-0.2, 0) is 6.61 Å². The van der Waals surface area contributed by atoms with E-state index in [-0.39, 0.29) is 12.6 Å². The van der Waals surface area contributed by atoms with E-state index in [1.807, 2.05) is 13.0 Å². The van der Waals surface area contributed by atoms with Crippen molar-refractivity contribution in [2.75, 3.05) is 5.73 Å². The maximum atomic E-state index is 9.02. The summed E-state index contributed by atoms with van der Waals surface area (Å²) in [7, 11) is 0. The first kappa shape index (κ1) is 12.8. The van der Waals surface area contributed by atoms with Gasteiger partial charge in [-0.1, -0.05) is 12.1 Å². The standard InChI is InChI=1S/C14H13N3O2S/c1-8-6-11-12(16-14(15)17-13(11)20-8)19-10-4-2-9(7-18)3-5-10/h2-6,18H,7H2,1H3,(H2,15,16,17). The molecule has 2 heterocycles. The summed E-state index contributed by atoms with van der Waals surface area (Å²) in [5.74, 6) is 1.29. The monoisotopic (exact) mass is 287 g/mol. The molecule has 1 aromatic carbocycles. The van der Waals surface area contributed by atoms with Crippen molar-refractivity contribution in [1.82, 2.24) is 9.97 Å². The lowest BCUT2D eigenvalue weighted by molar-refractivity contribution is 0.281. The molecular weight excluding hydrogens is 274 g/mol. The van der Waals surface area contributed by atoms with Crippen LogP contribution in [0.15, 0.2) is 30.3 Å². The minimum atomic E-state index is 0.00864. The molecule has 0 bridgehead atoms. The lowest BCUT2D eigenvalue weighted by Gasteiger charge is -2.06. The summed E-state index contributed by atoms with van der Waals surface area (Å²) >= 11 is 1.55. The maximum Gasteiger partial charge on any atom is 0.232 e. The Morgan fingerprint density at radius 2 is 2.00 bits per heavy atom. The molecule has 0 atom stereocenters. The summed E-state index contributed by atoms with van der Waals surface area (Å²) < 4.78 is 5.78. The molecule has 0 aliphatic rings. The van der Waals surface area contributed by atoms with E-state index in [0.29, 0.717) is 11.6 Å². The van der Waals surface area contributed by atoms with Gasteiger partial charge >= 0.3 is 0 Å². The number of nitrogens with two attached hydrogens (primary N) is 1. The van der Waals surface area contributed by atoms with Gasteiger partial charge in [-0.05, 0) is 30.7 Å². The van der Waals surface area contributed by atoms with Gasteiger partial charge in [-0.3, -0.25) is 0 Å². The molecule has 0 saturated heterocycles. The molecule has 0 amide bonds. The molecule has 6 heteroatoms. The van der Waals surface area contributed by atoms with E-state index in [1.165, 1.54) is 0 Å². The first-order valence-electron chi connectivity index (χ1n) is 6.07. The number of ether oxygens (including phenoxy) is 1. The van der Waals surface area contributed by atoms with Crippen LogP contribution in [0.4, 0.5) is 5.95 Å². The third kappa shape index (κ3) is 2.43. The average Bonchev–Trinajstić information content (AvgIpc) is 2.80. The Bertz CT molecular complexity index is 753. The number of hydrogen-bond donors (Lipinski definition) is 2. The number of nitrogen functional groups attached to an aromatic ring is 1. The van der Waals surface area contributed by atoms with Gasteiger partial charge in [0.25, 0.3) is 0 Å². The van der Waals surface area contributed by atoms with Crippen molar-refractivity contribution in [2.24, 2.45) is 0 Å². The number of aliphatic hydroxyl groups is 1. The Balaban J connectivity index is 2.00. The Morgan fingerprint density at radius 3 is 2.70 bits per heavy atom. The zero-order valence-corrected chi connectivity index (χ0v) is 11.6. The van der Waals surface area contributed by atoms with Crippen molar-refractivity contribution < 1.29 is 9.84 Å². The number of anilines is 1. The minimum Gasteiger partial charge on any atom is -0.438 e. The predicted molar refractivity (Wildman–Crippen MR) is 79.0 cm³/mol. The molecule has 2 aromatic heterocycles. The van der Waals surface area contributed by atoms with Crippen LogP contribution < -0.4 is 10.5 Å². The van der Waals surface area contributed by atoms with Crippen LogP contribution in [0.1, 0.15) is 10.4 Å². The number of rotatable bonds is 3. The van der Waals surface area contributed by atoms with Gasteiger partial charge < -0.3 is 15.6 Å². The van der Waals surface area contributed by atoms with Crippen molar-refractivity contribution in [2.45, 2.75) is 13.5 Å². The second kappa shape index (κ2) is 5.07. The number of hydrogen-bond acceptors (Lipinski definition) is 6. The van der Waals surface area contributed by atoms with E-state index in [2.05, 4.69) is 9.97 Å². The molecule has 0 radical (unpaired) electrons. The summed E-state index contributed by atoms with van der Waals surface area (Å²) in [6.45, 7) is 2.01. The molecule has 0 spiro atoms. The Labute approximate surface area is 119 Å². The molecule has 0 unspecified atom stereocenters. The van der Waals surface area contributed by atoms with Crippen molar-refractivity contribution in [3.05, 3.63) is 40.8 Å². The molecule has 102 valence electrons. The van der Waals surface area contributed by atoms with Gasteiger partial charge in [0.15, 0.2) is 0 Å². The quantitative estimate of drug-likeness (QED) is 0.774. The molecule has 0 saturated carbocycles. The Hall–Kier alpha value is -2.18. The van der Waals surface area contributed by atoms with E-state index in [1.54, 1.807) is 35.6 Å². The molecule has 3 aromatic rings. The van der Waals surface area contributed by atoms with Crippen LogP contribution in [0.5, 0.6) is 11.6 Å². The first-order chi connectivity index (χ1) is 9.65. The third-order valence-corrected chi connectivity index (χ3v) is 3.76. The van der Waals surface area contributed by atoms with Gasteiger partial charge in [0, 0.05) is 4.88 Å². The van der Waals surface area contributed by atoms with E-state index in [4.69, 9.17) is 15.6 Å². The van der Waals surface area contributed by atoms with Gasteiger partial charge in [0.05, 0.1) is 12.0 Å². The van der Waals surface area contributed by atoms with E-state index < -0.39 is 0 Å². The fraction of sp³-hybridized carbons (Fsp3) is 0.143. The highest BCUT2D eigenvalue weighted by Crippen LogP contribution is 2.33. The van der Waals surface area contributed by atoms with Crippen molar-refractivity contribution in [3.8, 4) is 11.6 Å². The molecular formula is C14H13N3O2S. The number of fused-ring (bicyclic) bond motifs is 1. The predicted octanol–water partition coefficient (Wildman–Crippen LogP) is 2.87. The van der Waals surface area contributed by atoms with Gasteiger partial charge in [-0.2, -0.15) is 4.98 Å². The second-order valence-corrected chi connectivity index (χ2v) is 5.60. The fourth-order valence-electron chi connectivity index (χ4n) is 1.88. The summed E-state index contributed by atoms with van der Waals surface area (Å²) in [5.41, 5.74) is 6.53. The lowest BCUT2D eigenvalue weighted by Crippen LogP contribution is -1.97. The molecule has 0 aliphatic heterocycles. The summed E-state index contributed by atoms with van der Waals surface area (Å²) in [4.78, 5) is 10.3. The highest BCUT2D eigenvalue weighted by Gasteiger charge is 2.11. The zero-order chi connectivity index (χ0) is 14.1. The molecule has 5 nitrogen and oxygen atoms in total. The lowest BCUT2D eigenvalue weighted by atomic mass is 10.2. The Kier molecular flexibility index (Phi) is 3.25. The fourth-order valence-corrected chi connectivity index (χ4v) is 2.76. The van der Waals surface area contributed by atoms with Crippen molar-refractivity contribution in [3.63, 3.8) is 0 Å². The molecule has 0 aliphatic carbocycles. The van der Waals surface area contributed by atoms with E-state index in [9.17, 15) is 0 Å². The number of nitrogens with zero attached hydrogens (tertiary/aromatic N) is 2. The SMILES string of the molecule is Cc1cc2c(Oc3ccc(CO)cc3)nc(N)nc2s1. The highest BCUT2D eigenvalue weighted by molar-refractivity contribution is 7.18. The molecule has 3 rings (SSSR count). The summed E-state index contributed by atoms with van der Waals surface area (Å²) in [6.07, 6.45) is 0. The summed E-state index contributed by atoms with van der Waals surface area (Å²) in [5, 5.41) is 9.88. The second-order valence-electron chi connectivity index (χ2n) is 4.37. The molecule has 3 N–H and O–H groups in total. The van der Waals surface area contributed by atoms with Gasteiger partial charge in [0.2, 0.25) is 11.8 Å². The van der Waals surface area contributed by atoms with Crippen LogP contribution in [0.3, 0.4) is 0 Å².